The van der Waals surface area contributed by atoms with Gasteiger partial charge in [0.1, 0.15) is 35.1 Å². The Morgan fingerprint density at radius 2 is 2.00 bits per heavy atom. The third-order valence-corrected chi connectivity index (χ3v) is 5.62. The highest BCUT2D eigenvalue weighted by Gasteiger charge is 2.62. The van der Waals surface area contributed by atoms with Gasteiger partial charge in [0.05, 0.1) is 6.61 Å². The second kappa shape index (κ2) is 8.56. The summed E-state index contributed by atoms with van der Waals surface area (Å²) in [7, 11) is 0. The van der Waals surface area contributed by atoms with Gasteiger partial charge in [-0.15, -0.1) is 0 Å². The number of nitrogens with zero attached hydrogens (tertiary/aromatic N) is 2. The SMILES string of the molecule is CCOC(=O)C1=C(C)OC(N)=C(C#N)C12C(=O)N(CC(=O)OC(C)(C)C)c1ccc(Br)cc12. The minimum atomic E-state index is -1.94. The molecule has 0 saturated carbocycles. The standard InChI is InChI=1S/C23H24BrN3O6/c1-6-31-20(29)18-12(2)32-19(26)15(10-25)23(18)14-9-13(24)7-8-16(14)27(21(23)30)11-17(28)33-22(3,4)5/h7-9H,6,11,26H2,1-5H3. The summed E-state index contributed by atoms with van der Waals surface area (Å²) in [6.07, 6.45) is 0. The zero-order valence-corrected chi connectivity index (χ0v) is 20.5. The van der Waals surface area contributed by atoms with Crippen LogP contribution in [0.1, 0.15) is 40.2 Å². The van der Waals surface area contributed by atoms with Gasteiger partial charge in [0.2, 0.25) is 11.8 Å². The third-order valence-electron chi connectivity index (χ3n) is 5.13. The molecule has 10 heteroatoms. The zero-order chi connectivity index (χ0) is 24.7. The number of carbonyl (C=O) groups excluding carboxylic acids is 3. The van der Waals surface area contributed by atoms with Crippen molar-refractivity contribution in [3.8, 4) is 6.07 Å². The molecule has 1 atom stereocenters. The highest BCUT2D eigenvalue weighted by Crippen LogP contribution is 2.54. The molecule has 1 unspecified atom stereocenters. The number of halogens is 1. The van der Waals surface area contributed by atoms with Crippen LogP contribution in [0.2, 0.25) is 0 Å². The summed E-state index contributed by atoms with van der Waals surface area (Å²) in [4.78, 5) is 41.0. The van der Waals surface area contributed by atoms with E-state index in [0.717, 1.165) is 0 Å². The Balaban J connectivity index is 2.31. The monoisotopic (exact) mass is 517 g/mol. The molecule has 3 rings (SSSR count). The number of fused-ring (bicyclic) bond motifs is 2. The first kappa shape index (κ1) is 24.3. The van der Waals surface area contributed by atoms with E-state index in [9.17, 15) is 19.6 Å². The van der Waals surface area contributed by atoms with Crippen LogP contribution >= 0.6 is 15.9 Å². The van der Waals surface area contributed by atoms with Gasteiger partial charge in [-0.1, -0.05) is 15.9 Å². The minimum Gasteiger partial charge on any atom is -0.462 e. The largest absolute Gasteiger partial charge is 0.462 e. The van der Waals surface area contributed by atoms with Crippen molar-refractivity contribution in [1.29, 1.82) is 5.26 Å². The van der Waals surface area contributed by atoms with Crippen LogP contribution in [0.15, 0.2) is 45.5 Å². The van der Waals surface area contributed by atoms with Gasteiger partial charge in [0, 0.05) is 15.7 Å². The zero-order valence-electron chi connectivity index (χ0n) is 18.9. The highest BCUT2D eigenvalue weighted by atomic mass is 79.9. The van der Waals surface area contributed by atoms with Crippen LogP contribution in [0.25, 0.3) is 0 Å². The maximum atomic E-state index is 14.1. The predicted octanol–water partition coefficient (Wildman–Crippen LogP) is 2.94. The van der Waals surface area contributed by atoms with E-state index in [1.807, 2.05) is 6.07 Å². The average molecular weight is 518 g/mol. The maximum Gasteiger partial charge on any atom is 0.339 e. The summed E-state index contributed by atoms with van der Waals surface area (Å²) in [6.45, 7) is 7.83. The van der Waals surface area contributed by atoms with Crippen molar-refractivity contribution >= 4 is 39.5 Å². The molecule has 2 heterocycles. The molecular weight excluding hydrogens is 494 g/mol. The fourth-order valence-corrected chi connectivity index (χ4v) is 4.46. The molecule has 2 aliphatic rings. The number of carbonyl (C=O) groups is 3. The number of allylic oxidation sites excluding steroid dienone is 1. The van der Waals surface area contributed by atoms with Gasteiger partial charge < -0.3 is 19.9 Å². The van der Waals surface area contributed by atoms with Crippen molar-refractivity contribution in [3.05, 3.63) is 51.0 Å². The molecular formula is C23H24BrN3O6. The molecule has 2 N–H and O–H groups in total. The number of hydrogen-bond donors (Lipinski definition) is 1. The first-order chi connectivity index (χ1) is 15.4. The van der Waals surface area contributed by atoms with E-state index in [0.29, 0.717) is 15.7 Å². The number of esters is 2. The summed E-state index contributed by atoms with van der Waals surface area (Å²) < 4.78 is 16.7. The lowest BCUT2D eigenvalue weighted by Crippen LogP contribution is -2.49. The van der Waals surface area contributed by atoms with E-state index >= 15 is 0 Å². The molecule has 0 aromatic heterocycles. The Labute approximate surface area is 199 Å². The normalized spacial score (nSPS) is 19.9. The fourth-order valence-electron chi connectivity index (χ4n) is 4.09. The van der Waals surface area contributed by atoms with Gasteiger partial charge in [0.15, 0.2) is 5.41 Å². The molecule has 0 saturated heterocycles. The van der Waals surface area contributed by atoms with Crippen molar-refractivity contribution in [2.75, 3.05) is 18.1 Å². The summed E-state index contributed by atoms with van der Waals surface area (Å²) in [5, 5.41) is 10.0. The Hall–Kier alpha value is -3.32. The van der Waals surface area contributed by atoms with Crippen molar-refractivity contribution < 1.29 is 28.6 Å². The fraction of sp³-hybridized carbons (Fsp3) is 0.391. The van der Waals surface area contributed by atoms with Gasteiger partial charge in [-0.25, -0.2) is 4.79 Å². The van der Waals surface area contributed by atoms with Crippen LogP contribution in [0, 0.1) is 11.3 Å². The molecule has 33 heavy (non-hydrogen) atoms. The van der Waals surface area contributed by atoms with Crippen LogP contribution in [-0.2, 0) is 34.0 Å². The Kier molecular flexibility index (Phi) is 6.31. The van der Waals surface area contributed by atoms with Gasteiger partial charge in [-0.3, -0.25) is 14.5 Å². The number of amides is 1. The van der Waals surface area contributed by atoms with Crippen LogP contribution in [0.3, 0.4) is 0 Å². The topological polar surface area (TPSA) is 132 Å². The van der Waals surface area contributed by atoms with Gasteiger partial charge in [0.25, 0.3) is 0 Å². The molecule has 1 spiro atoms. The van der Waals surface area contributed by atoms with Crippen molar-refractivity contribution in [2.45, 2.75) is 45.6 Å². The first-order valence-corrected chi connectivity index (χ1v) is 11.0. The number of nitrogens with two attached hydrogens (primary N) is 1. The lowest BCUT2D eigenvalue weighted by molar-refractivity contribution is -0.153. The number of anilines is 1. The quantitative estimate of drug-likeness (QED) is 0.602. The molecule has 9 nitrogen and oxygen atoms in total. The van der Waals surface area contributed by atoms with Crippen LogP contribution in [0.5, 0.6) is 0 Å². The summed E-state index contributed by atoms with van der Waals surface area (Å²) >= 11 is 3.39. The summed E-state index contributed by atoms with van der Waals surface area (Å²) in [5.41, 5.74) is 3.55. The third kappa shape index (κ3) is 3.97. The van der Waals surface area contributed by atoms with E-state index in [2.05, 4.69) is 15.9 Å². The molecule has 0 radical (unpaired) electrons. The number of rotatable bonds is 4. The lowest BCUT2D eigenvalue weighted by atomic mass is 9.68. The van der Waals surface area contributed by atoms with Gasteiger partial charge in [-0.05, 0) is 52.8 Å². The van der Waals surface area contributed by atoms with Crippen LogP contribution < -0.4 is 10.6 Å². The van der Waals surface area contributed by atoms with Gasteiger partial charge in [-0.2, -0.15) is 5.26 Å². The van der Waals surface area contributed by atoms with E-state index < -0.39 is 35.4 Å². The second-order valence-electron chi connectivity index (χ2n) is 8.49. The smallest absolute Gasteiger partial charge is 0.339 e. The number of ether oxygens (including phenoxy) is 3. The molecule has 1 aromatic rings. The predicted molar refractivity (Wildman–Crippen MR) is 121 cm³/mol. The summed E-state index contributed by atoms with van der Waals surface area (Å²) in [6, 6.07) is 6.87. The number of nitriles is 1. The molecule has 0 bridgehead atoms. The molecule has 0 fully saturated rings. The number of benzene rings is 1. The average Bonchev–Trinajstić information content (AvgIpc) is 2.90. The van der Waals surface area contributed by atoms with E-state index in [4.69, 9.17) is 19.9 Å². The molecule has 174 valence electrons. The number of hydrogen-bond acceptors (Lipinski definition) is 8. The van der Waals surface area contributed by atoms with Crippen LogP contribution in [0.4, 0.5) is 5.69 Å². The highest BCUT2D eigenvalue weighted by molar-refractivity contribution is 9.10. The Morgan fingerprint density at radius 1 is 1.33 bits per heavy atom. The molecule has 0 aliphatic carbocycles. The van der Waals surface area contributed by atoms with E-state index in [1.165, 1.54) is 11.8 Å². The van der Waals surface area contributed by atoms with Crippen molar-refractivity contribution in [2.24, 2.45) is 5.73 Å². The molecule has 1 aromatic carbocycles. The first-order valence-electron chi connectivity index (χ1n) is 10.2. The molecule has 1 amide bonds. The van der Waals surface area contributed by atoms with E-state index in [1.54, 1.807) is 45.9 Å². The Morgan fingerprint density at radius 3 is 2.58 bits per heavy atom. The second-order valence-corrected chi connectivity index (χ2v) is 9.41. The van der Waals surface area contributed by atoms with Crippen molar-refractivity contribution in [1.82, 2.24) is 0 Å². The minimum absolute atomic E-state index is 0.0309. The Bertz CT molecular complexity index is 1160. The molecule has 2 aliphatic heterocycles. The maximum absolute atomic E-state index is 14.1. The van der Waals surface area contributed by atoms with Crippen molar-refractivity contribution in [3.63, 3.8) is 0 Å². The lowest BCUT2D eigenvalue weighted by Gasteiger charge is -2.34. The van der Waals surface area contributed by atoms with Crippen LogP contribution in [-0.4, -0.2) is 36.6 Å². The van der Waals surface area contributed by atoms with Gasteiger partial charge >= 0.3 is 11.9 Å². The summed E-state index contributed by atoms with van der Waals surface area (Å²) in [5.74, 6) is -2.45. The van der Waals surface area contributed by atoms with E-state index in [-0.39, 0.29) is 29.4 Å².